The minimum absolute atomic E-state index is 0.0504. The van der Waals surface area contributed by atoms with Crippen molar-refractivity contribution in [1.82, 2.24) is 10.2 Å². The summed E-state index contributed by atoms with van der Waals surface area (Å²) in [5.74, 6) is -0.604. The fourth-order valence-electron chi connectivity index (χ4n) is 1.75. The maximum Gasteiger partial charge on any atom is 0.312 e. The molecule has 0 bridgehead atoms. The summed E-state index contributed by atoms with van der Waals surface area (Å²) < 4.78 is 25.1. The smallest absolute Gasteiger partial charge is 0.312 e. The van der Waals surface area contributed by atoms with Crippen molar-refractivity contribution in [2.24, 2.45) is 5.73 Å². The number of benzene rings is 1. The lowest BCUT2D eigenvalue weighted by molar-refractivity contribution is -0.135. The van der Waals surface area contributed by atoms with Crippen LogP contribution in [0.2, 0.25) is 0 Å². The fourth-order valence-corrected chi connectivity index (χ4v) is 1.75. The van der Waals surface area contributed by atoms with Crippen molar-refractivity contribution in [3.05, 3.63) is 35.9 Å². The van der Waals surface area contributed by atoms with Gasteiger partial charge in [-0.15, -0.1) is 0 Å². The van der Waals surface area contributed by atoms with E-state index in [1.165, 1.54) is 6.92 Å². The number of nitrogens with zero attached hydrogens (tertiary/aromatic N) is 1. The van der Waals surface area contributed by atoms with Crippen molar-refractivity contribution in [3.63, 3.8) is 0 Å². The van der Waals surface area contributed by atoms with Gasteiger partial charge in [-0.2, -0.15) is 0 Å². The third-order valence-electron chi connectivity index (χ3n) is 2.62. The van der Waals surface area contributed by atoms with Gasteiger partial charge in [0.15, 0.2) is 0 Å². The molecule has 1 rings (SSSR count). The zero-order chi connectivity index (χ0) is 15.1. The van der Waals surface area contributed by atoms with Gasteiger partial charge in [-0.3, -0.25) is 4.79 Å². The summed E-state index contributed by atoms with van der Waals surface area (Å²) >= 11 is 0. The highest BCUT2D eigenvalue weighted by atomic mass is 19.3. The van der Waals surface area contributed by atoms with Crippen molar-refractivity contribution in [1.29, 1.82) is 0 Å². The Balaban J connectivity index is 2.78. The van der Waals surface area contributed by atoms with Gasteiger partial charge in [-0.25, -0.2) is 13.6 Å². The van der Waals surface area contributed by atoms with Gasteiger partial charge < -0.3 is 16.0 Å². The lowest BCUT2D eigenvalue weighted by Gasteiger charge is -2.25. The average Bonchev–Trinajstić information content (AvgIpc) is 2.37. The fraction of sp³-hybridized carbons (Fsp3) is 0.385. The van der Waals surface area contributed by atoms with Crippen LogP contribution in [0.3, 0.4) is 0 Å². The van der Waals surface area contributed by atoms with Crippen molar-refractivity contribution in [2.45, 2.75) is 25.9 Å². The third kappa shape index (κ3) is 5.21. The first-order chi connectivity index (χ1) is 9.40. The highest BCUT2D eigenvalue weighted by Gasteiger charge is 2.24. The number of carbonyl (C=O) groups is 2. The molecule has 3 amide bonds. The number of rotatable bonds is 6. The van der Waals surface area contributed by atoms with Crippen LogP contribution in [-0.2, 0) is 11.3 Å². The maximum atomic E-state index is 12.6. The van der Waals surface area contributed by atoms with E-state index in [1.807, 2.05) is 0 Å². The molecule has 0 aliphatic carbocycles. The highest BCUT2D eigenvalue weighted by Crippen LogP contribution is 2.09. The van der Waals surface area contributed by atoms with E-state index in [0.29, 0.717) is 0 Å². The number of hydrogen-bond donors (Lipinski definition) is 2. The number of nitrogens with one attached hydrogen (secondary N) is 1. The Labute approximate surface area is 115 Å². The molecule has 0 saturated carbocycles. The molecule has 0 aliphatic rings. The van der Waals surface area contributed by atoms with E-state index in [2.05, 4.69) is 5.32 Å². The maximum absolute atomic E-state index is 12.6. The molecule has 0 aromatic heterocycles. The predicted molar refractivity (Wildman–Crippen MR) is 70.0 cm³/mol. The second-order valence-corrected chi connectivity index (χ2v) is 4.33. The van der Waals surface area contributed by atoms with E-state index in [4.69, 9.17) is 5.73 Å². The summed E-state index contributed by atoms with van der Waals surface area (Å²) in [6.07, 6.45) is -2.65. The lowest BCUT2D eigenvalue weighted by atomic mass is 10.2. The van der Waals surface area contributed by atoms with Crippen molar-refractivity contribution < 1.29 is 18.4 Å². The SMILES string of the molecule is C[C@H](NC(N)=O)C(=O)N(Cc1ccccc1)CC(F)F. The molecular weight excluding hydrogens is 268 g/mol. The first kappa shape index (κ1) is 15.9. The van der Waals surface area contributed by atoms with Gasteiger partial charge in [0.25, 0.3) is 6.43 Å². The minimum Gasteiger partial charge on any atom is -0.352 e. The highest BCUT2D eigenvalue weighted by molar-refractivity contribution is 5.86. The van der Waals surface area contributed by atoms with Crippen LogP contribution in [0, 0.1) is 0 Å². The van der Waals surface area contributed by atoms with E-state index >= 15 is 0 Å². The molecule has 1 aromatic carbocycles. The lowest BCUT2D eigenvalue weighted by Crippen LogP contribution is -2.49. The van der Waals surface area contributed by atoms with Crippen LogP contribution in [0.15, 0.2) is 30.3 Å². The molecule has 0 unspecified atom stereocenters. The van der Waals surface area contributed by atoms with Crippen LogP contribution >= 0.6 is 0 Å². The molecule has 5 nitrogen and oxygen atoms in total. The normalized spacial score (nSPS) is 12.0. The number of primary amides is 1. The molecule has 0 heterocycles. The Morgan fingerprint density at radius 1 is 1.30 bits per heavy atom. The van der Waals surface area contributed by atoms with Gasteiger partial charge in [0, 0.05) is 6.54 Å². The molecule has 0 spiro atoms. The topological polar surface area (TPSA) is 75.4 Å². The van der Waals surface area contributed by atoms with Crippen LogP contribution in [-0.4, -0.2) is 35.9 Å². The number of alkyl halides is 2. The van der Waals surface area contributed by atoms with Crippen LogP contribution in [0.1, 0.15) is 12.5 Å². The van der Waals surface area contributed by atoms with Gasteiger partial charge in [0.1, 0.15) is 6.04 Å². The zero-order valence-electron chi connectivity index (χ0n) is 11.1. The number of halogens is 2. The number of nitrogens with two attached hydrogens (primary N) is 1. The third-order valence-corrected chi connectivity index (χ3v) is 2.62. The van der Waals surface area contributed by atoms with Crippen LogP contribution in [0.5, 0.6) is 0 Å². The molecule has 110 valence electrons. The van der Waals surface area contributed by atoms with Crippen LogP contribution in [0.4, 0.5) is 13.6 Å². The van der Waals surface area contributed by atoms with E-state index in [-0.39, 0.29) is 6.54 Å². The minimum atomic E-state index is -2.65. The molecule has 0 aliphatic heterocycles. The van der Waals surface area contributed by atoms with E-state index in [0.717, 1.165) is 10.5 Å². The van der Waals surface area contributed by atoms with Gasteiger partial charge in [-0.05, 0) is 12.5 Å². The molecule has 0 saturated heterocycles. The number of carbonyl (C=O) groups excluding carboxylic acids is 2. The summed E-state index contributed by atoms with van der Waals surface area (Å²) in [5, 5.41) is 2.18. The molecule has 3 N–H and O–H groups in total. The predicted octanol–water partition coefficient (Wildman–Crippen LogP) is 1.34. The summed E-state index contributed by atoms with van der Waals surface area (Å²) in [6.45, 7) is 0.754. The van der Waals surface area contributed by atoms with Gasteiger partial charge in [0.05, 0.1) is 6.54 Å². The van der Waals surface area contributed by atoms with E-state index < -0.39 is 31.0 Å². The Kier molecular flexibility index (Phi) is 5.89. The Hall–Kier alpha value is -2.18. The molecule has 1 aromatic rings. The number of hydrogen-bond acceptors (Lipinski definition) is 2. The first-order valence-corrected chi connectivity index (χ1v) is 6.07. The summed E-state index contributed by atoms with van der Waals surface area (Å²) in [6, 6.07) is 6.95. The van der Waals surface area contributed by atoms with Crippen molar-refractivity contribution in [3.8, 4) is 0 Å². The molecule has 0 radical (unpaired) electrons. The standard InChI is InChI=1S/C13H17F2N3O2/c1-9(17-13(16)20)12(19)18(8-11(14)15)7-10-5-3-2-4-6-10/h2-6,9,11H,7-8H2,1H3,(H3,16,17,20)/t9-/m0/s1. The van der Waals surface area contributed by atoms with Crippen LogP contribution < -0.4 is 11.1 Å². The van der Waals surface area contributed by atoms with Gasteiger partial charge in [0.2, 0.25) is 5.91 Å². The summed E-state index contributed by atoms with van der Waals surface area (Å²) in [5.41, 5.74) is 5.65. The monoisotopic (exact) mass is 285 g/mol. The molecule has 20 heavy (non-hydrogen) atoms. The van der Waals surface area contributed by atoms with Crippen molar-refractivity contribution in [2.75, 3.05) is 6.54 Å². The molecule has 1 atom stereocenters. The second-order valence-electron chi connectivity index (χ2n) is 4.33. The number of urea groups is 1. The average molecular weight is 285 g/mol. The molecule has 0 fully saturated rings. The summed E-state index contributed by atoms with van der Waals surface area (Å²) in [4.78, 5) is 23.8. The van der Waals surface area contributed by atoms with Gasteiger partial charge >= 0.3 is 6.03 Å². The largest absolute Gasteiger partial charge is 0.352 e. The number of amides is 3. The van der Waals surface area contributed by atoms with Crippen molar-refractivity contribution >= 4 is 11.9 Å². The first-order valence-electron chi connectivity index (χ1n) is 6.07. The van der Waals surface area contributed by atoms with E-state index in [9.17, 15) is 18.4 Å². The molecular formula is C13H17F2N3O2. The quantitative estimate of drug-likeness (QED) is 0.827. The van der Waals surface area contributed by atoms with E-state index in [1.54, 1.807) is 30.3 Å². The zero-order valence-corrected chi connectivity index (χ0v) is 11.1. The summed E-state index contributed by atoms with van der Waals surface area (Å²) in [7, 11) is 0. The van der Waals surface area contributed by atoms with Crippen LogP contribution in [0.25, 0.3) is 0 Å². The Morgan fingerprint density at radius 2 is 1.90 bits per heavy atom. The Morgan fingerprint density at radius 3 is 2.40 bits per heavy atom. The molecule has 7 heteroatoms. The Bertz CT molecular complexity index is 454. The van der Waals surface area contributed by atoms with Gasteiger partial charge in [-0.1, -0.05) is 30.3 Å². The second kappa shape index (κ2) is 7.42.